The van der Waals surface area contributed by atoms with Gasteiger partial charge in [0, 0.05) is 23.7 Å². The Morgan fingerprint density at radius 2 is 1.29 bits per heavy atom. The van der Waals surface area contributed by atoms with Gasteiger partial charge in [-0.15, -0.1) is 11.6 Å². The van der Waals surface area contributed by atoms with Crippen molar-refractivity contribution in [1.29, 1.82) is 0 Å². The third kappa shape index (κ3) is 5.53. The summed E-state index contributed by atoms with van der Waals surface area (Å²) in [5.74, 6) is 0.442. The Bertz CT molecular complexity index is 663. The Morgan fingerprint density at radius 1 is 0.792 bits per heavy atom. The Balaban J connectivity index is 2.45. The van der Waals surface area contributed by atoms with Crippen LogP contribution in [0, 0.1) is 0 Å². The summed E-state index contributed by atoms with van der Waals surface area (Å²) in [7, 11) is 0. The lowest BCUT2D eigenvalue weighted by atomic mass is 10.2. The van der Waals surface area contributed by atoms with Gasteiger partial charge >= 0.3 is 0 Å². The van der Waals surface area contributed by atoms with Gasteiger partial charge in [0.05, 0.1) is 0 Å². The Hall–Kier alpha value is 0.0600. The second-order valence-corrected chi connectivity index (χ2v) is 9.44. The summed E-state index contributed by atoms with van der Waals surface area (Å²) in [5.41, 5.74) is 1.52. The van der Waals surface area contributed by atoms with E-state index in [0.717, 1.165) is 5.69 Å². The third-order valence-corrected chi connectivity index (χ3v) is 3.91. The first-order valence-electron chi connectivity index (χ1n) is 6.42. The van der Waals surface area contributed by atoms with E-state index in [1.54, 1.807) is 12.1 Å². The largest absolute Gasteiger partial charge is 0.384 e. The summed E-state index contributed by atoms with van der Waals surface area (Å²) in [4.78, 5) is 12.2. The molecule has 130 valence electrons. The fourth-order valence-electron chi connectivity index (χ4n) is 1.69. The van der Waals surface area contributed by atoms with E-state index in [2.05, 4.69) is 20.3 Å². The average molecular weight is 469 g/mol. The molecular formula is C13H9Cl7N4. The van der Waals surface area contributed by atoms with Gasteiger partial charge in [-0.3, -0.25) is 0 Å². The van der Waals surface area contributed by atoms with Gasteiger partial charge in [0.2, 0.25) is 7.59 Å². The molecule has 0 amide bonds. The number of alkyl halides is 7. The van der Waals surface area contributed by atoms with Crippen LogP contribution in [0.1, 0.15) is 11.6 Å². The number of anilines is 1. The monoisotopic (exact) mass is 466 g/mol. The van der Waals surface area contributed by atoms with Crippen LogP contribution in [0.15, 0.2) is 24.3 Å². The highest BCUT2D eigenvalue weighted by Crippen LogP contribution is 2.40. The average Bonchev–Trinajstić information content (AvgIpc) is 2.51. The Morgan fingerprint density at radius 3 is 1.71 bits per heavy atom. The van der Waals surface area contributed by atoms with Crippen LogP contribution in [0.5, 0.6) is 0 Å². The van der Waals surface area contributed by atoms with Gasteiger partial charge in [-0.2, -0.15) is 0 Å². The fraction of sp³-hybridized carbons (Fsp3) is 0.308. The van der Waals surface area contributed by atoms with Gasteiger partial charge in [0.1, 0.15) is 0 Å². The van der Waals surface area contributed by atoms with E-state index >= 15 is 0 Å². The highest BCUT2D eigenvalue weighted by atomic mass is 35.6. The third-order valence-electron chi connectivity index (χ3n) is 2.71. The van der Waals surface area contributed by atoms with Gasteiger partial charge < -0.3 is 5.32 Å². The molecule has 11 heteroatoms. The lowest BCUT2D eigenvalue weighted by molar-refractivity contribution is 0.851. The number of hydrogen-bond acceptors (Lipinski definition) is 4. The molecular weight excluding hydrogens is 460 g/mol. The zero-order valence-corrected chi connectivity index (χ0v) is 17.0. The molecule has 4 nitrogen and oxygen atoms in total. The normalized spacial score (nSPS) is 12.3. The van der Waals surface area contributed by atoms with Crippen molar-refractivity contribution in [3.63, 3.8) is 0 Å². The number of nitrogens with zero attached hydrogens (tertiary/aromatic N) is 3. The number of nitrogens with one attached hydrogen (secondary N) is 1. The quantitative estimate of drug-likeness (QED) is 0.572. The molecule has 2 rings (SSSR count). The van der Waals surface area contributed by atoms with Crippen molar-refractivity contribution in [3.8, 4) is 11.4 Å². The molecule has 1 N–H and O–H groups in total. The summed E-state index contributed by atoms with van der Waals surface area (Å²) in [5, 5.41) is 3.13. The summed E-state index contributed by atoms with van der Waals surface area (Å²) >= 11 is 40.7. The SMILES string of the molecule is ClCCNc1ccc(-c2nc(C(Cl)(Cl)Cl)nc(C(Cl)(Cl)Cl)n2)cc1. The maximum absolute atomic E-state index is 5.85. The summed E-state index contributed by atoms with van der Waals surface area (Å²) in [6.07, 6.45) is 0. The van der Waals surface area contributed by atoms with E-state index in [4.69, 9.17) is 81.2 Å². The van der Waals surface area contributed by atoms with E-state index in [-0.39, 0.29) is 17.5 Å². The molecule has 0 unspecified atom stereocenters. The number of benzene rings is 1. The predicted molar refractivity (Wildman–Crippen MR) is 103 cm³/mol. The minimum atomic E-state index is -1.88. The van der Waals surface area contributed by atoms with E-state index in [1.165, 1.54) is 0 Å². The van der Waals surface area contributed by atoms with Crippen molar-refractivity contribution >= 4 is 86.9 Å². The molecule has 0 saturated carbocycles. The minimum Gasteiger partial charge on any atom is -0.384 e. The van der Waals surface area contributed by atoms with Crippen LogP contribution in [-0.4, -0.2) is 27.4 Å². The molecule has 0 atom stereocenters. The van der Waals surface area contributed by atoms with Crippen LogP contribution in [0.4, 0.5) is 5.69 Å². The standard InChI is InChI=1S/C13H9Cl7N4/c14-5-6-21-8-3-1-7(2-4-8)9-22-10(12(15,16)17)24-11(23-9)13(18,19)20/h1-4,21H,5-6H2. The Kier molecular flexibility index (Phi) is 6.94. The molecule has 24 heavy (non-hydrogen) atoms. The molecule has 0 aliphatic carbocycles. The maximum atomic E-state index is 5.85. The van der Waals surface area contributed by atoms with Crippen LogP contribution < -0.4 is 5.32 Å². The van der Waals surface area contributed by atoms with Crippen LogP contribution in [0.3, 0.4) is 0 Å². The zero-order chi connectivity index (χ0) is 18.0. The van der Waals surface area contributed by atoms with E-state index in [1.807, 2.05) is 12.1 Å². The molecule has 1 aromatic heterocycles. The molecule has 0 radical (unpaired) electrons. The van der Waals surface area contributed by atoms with Crippen molar-refractivity contribution in [2.45, 2.75) is 7.59 Å². The summed E-state index contributed by atoms with van der Waals surface area (Å²) in [6, 6.07) is 7.21. The molecule has 0 aliphatic rings. The van der Waals surface area contributed by atoms with Gasteiger partial charge in [0.25, 0.3) is 0 Å². The van der Waals surface area contributed by atoms with Crippen molar-refractivity contribution in [3.05, 3.63) is 35.9 Å². The molecule has 0 fully saturated rings. The van der Waals surface area contributed by atoms with Gasteiger partial charge in [0.15, 0.2) is 17.5 Å². The minimum absolute atomic E-state index is 0.136. The topological polar surface area (TPSA) is 50.7 Å². The predicted octanol–water partition coefficient (Wildman–Crippen LogP) is 5.84. The second-order valence-electron chi connectivity index (χ2n) is 4.49. The number of aromatic nitrogens is 3. The van der Waals surface area contributed by atoms with E-state index in [9.17, 15) is 0 Å². The van der Waals surface area contributed by atoms with Crippen molar-refractivity contribution in [2.75, 3.05) is 17.7 Å². The van der Waals surface area contributed by atoms with E-state index in [0.29, 0.717) is 18.0 Å². The number of hydrogen-bond donors (Lipinski definition) is 1. The van der Waals surface area contributed by atoms with Crippen LogP contribution in [-0.2, 0) is 7.59 Å². The second kappa shape index (κ2) is 8.17. The first-order valence-corrected chi connectivity index (χ1v) is 9.22. The molecule has 0 aliphatic heterocycles. The highest BCUT2D eigenvalue weighted by Gasteiger charge is 2.33. The lowest BCUT2D eigenvalue weighted by Gasteiger charge is -2.15. The van der Waals surface area contributed by atoms with Gasteiger partial charge in [-0.25, -0.2) is 15.0 Å². The van der Waals surface area contributed by atoms with Gasteiger partial charge in [-0.1, -0.05) is 69.6 Å². The molecule has 0 saturated heterocycles. The fourth-order valence-corrected chi connectivity index (χ4v) is 2.29. The van der Waals surface area contributed by atoms with Crippen LogP contribution in [0.25, 0.3) is 11.4 Å². The van der Waals surface area contributed by atoms with Gasteiger partial charge in [-0.05, 0) is 24.3 Å². The van der Waals surface area contributed by atoms with Crippen molar-refractivity contribution in [1.82, 2.24) is 15.0 Å². The first-order chi connectivity index (χ1) is 11.1. The highest BCUT2D eigenvalue weighted by molar-refractivity contribution is 6.67. The number of rotatable bonds is 4. The molecule has 0 bridgehead atoms. The smallest absolute Gasteiger partial charge is 0.250 e. The molecule has 1 aromatic carbocycles. The summed E-state index contributed by atoms with van der Waals surface area (Å²) < 4.78 is -3.77. The van der Waals surface area contributed by atoms with E-state index < -0.39 is 7.59 Å². The maximum Gasteiger partial charge on any atom is 0.250 e. The number of halogens is 7. The molecule has 2 aromatic rings. The molecule has 1 heterocycles. The van der Waals surface area contributed by atoms with Crippen LogP contribution >= 0.6 is 81.2 Å². The lowest BCUT2D eigenvalue weighted by Crippen LogP contribution is -2.16. The Labute approximate surface area is 173 Å². The molecule has 0 spiro atoms. The zero-order valence-electron chi connectivity index (χ0n) is 11.7. The van der Waals surface area contributed by atoms with Crippen molar-refractivity contribution < 1.29 is 0 Å². The summed E-state index contributed by atoms with van der Waals surface area (Å²) in [6.45, 7) is 0.640. The van der Waals surface area contributed by atoms with Crippen molar-refractivity contribution in [2.24, 2.45) is 0 Å². The van der Waals surface area contributed by atoms with Crippen LogP contribution in [0.2, 0.25) is 0 Å². The first kappa shape index (κ1) is 20.4.